The fourth-order valence-corrected chi connectivity index (χ4v) is 4.65. The Morgan fingerprint density at radius 2 is 2.00 bits per heavy atom. The van der Waals surface area contributed by atoms with E-state index in [1.54, 1.807) is 24.3 Å². The molecule has 0 saturated carbocycles. The second-order valence-corrected chi connectivity index (χ2v) is 8.36. The SMILES string of the molecule is O=C(O)c1ccc2[nH]cc(CSCCN3CC=C(c4ccc(O)cc4)CC3)c2c1. The van der Waals surface area contributed by atoms with Gasteiger partial charge in [0.15, 0.2) is 0 Å². The molecule has 0 unspecified atom stereocenters. The van der Waals surface area contributed by atoms with Crippen molar-refractivity contribution in [2.75, 3.05) is 25.4 Å². The summed E-state index contributed by atoms with van der Waals surface area (Å²) in [7, 11) is 0. The first-order valence-electron chi connectivity index (χ1n) is 9.72. The van der Waals surface area contributed by atoms with Gasteiger partial charge in [-0.15, -0.1) is 0 Å². The maximum atomic E-state index is 11.2. The first-order valence-corrected chi connectivity index (χ1v) is 10.9. The quantitative estimate of drug-likeness (QED) is 0.498. The highest BCUT2D eigenvalue weighted by Crippen LogP contribution is 2.26. The van der Waals surface area contributed by atoms with E-state index in [1.807, 2.05) is 36.2 Å². The second kappa shape index (κ2) is 8.76. The summed E-state index contributed by atoms with van der Waals surface area (Å²) < 4.78 is 0. The molecule has 0 fully saturated rings. The van der Waals surface area contributed by atoms with Crippen LogP contribution in [0.2, 0.25) is 0 Å². The molecule has 1 aliphatic rings. The number of phenolic OH excluding ortho intramolecular Hbond substituents is 1. The number of H-pyrrole nitrogens is 1. The molecule has 4 rings (SSSR count). The number of aromatic amines is 1. The molecule has 0 amide bonds. The number of carbonyl (C=O) groups is 1. The predicted octanol–water partition coefficient (Wildman–Crippen LogP) is 4.59. The molecule has 29 heavy (non-hydrogen) atoms. The molecule has 0 spiro atoms. The zero-order valence-electron chi connectivity index (χ0n) is 16.1. The summed E-state index contributed by atoms with van der Waals surface area (Å²) in [6, 6.07) is 12.7. The van der Waals surface area contributed by atoms with Crippen LogP contribution in [0.25, 0.3) is 16.5 Å². The van der Waals surface area contributed by atoms with Crippen LogP contribution in [0.3, 0.4) is 0 Å². The van der Waals surface area contributed by atoms with Gasteiger partial charge in [0, 0.05) is 48.2 Å². The van der Waals surface area contributed by atoms with Gasteiger partial charge in [-0.2, -0.15) is 11.8 Å². The standard InChI is InChI=1S/C23H24N2O3S/c26-20-4-1-16(2-5-20)17-7-9-25(10-8-17)11-12-29-15-19-14-24-22-6-3-18(23(27)28)13-21(19)22/h1-7,13-14,24,26H,8-12,15H2,(H,27,28). The Balaban J connectivity index is 1.27. The van der Waals surface area contributed by atoms with E-state index < -0.39 is 5.97 Å². The smallest absolute Gasteiger partial charge is 0.335 e. The molecular formula is C23H24N2O3S. The van der Waals surface area contributed by atoms with Crippen LogP contribution < -0.4 is 0 Å². The Kier molecular flexibility index (Phi) is 5.92. The molecule has 0 radical (unpaired) electrons. The fraction of sp³-hybridized carbons (Fsp3) is 0.261. The van der Waals surface area contributed by atoms with Crippen LogP contribution >= 0.6 is 11.8 Å². The van der Waals surface area contributed by atoms with Crippen LogP contribution in [-0.2, 0) is 5.75 Å². The summed E-state index contributed by atoms with van der Waals surface area (Å²) in [6.07, 6.45) is 5.29. The number of fused-ring (bicyclic) bond motifs is 1. The van der Waals surface area contributed by atoms with Crippen LogP contribution in [0.4, 0.5) is 0 Å². The van der Waals surface area contributed by atoms with Crippen molar-refractivity contribution in [3.8, 4) is 5.75 Å². The molecule has 3 N–H and O–H groups in total. The van der Waals surface area contributed by atoms with Gasteiger partial charge >= 0.3 is 5.97 Å². The molecule has 1 aromatic heterocycles. The highest BCUT2D eigenvalue weighted by atomic mass is 32.2. The van der Waals surface area contributed by atoms with Crippen molar-refractivity contribution in [1.82, 2.24) is 9.88 Å². The lowest BCUT2D eigenvalue weighted by Crippen LogP contribution is -2.30. The molecule has 3 aromatic rings. The van der Waals surface area contributed by atoms with Gasteiger partial charge in [-0.05, 0) is 53.5 Å². The molecule has 0 bridgehead atoms. The van der Waals surface area contributed by atoms with Crippen molar-refractivity contribution in [3.05, 3.63) is 71.4 Å². The Labute approximate surface area is 174 Å². The maximum Gasteiger partial charge on any atom is 0.335 e. The predicted molar refractivity (Wildman–Crippen MR) is 119 cm³/mol. The van der Waals surface area contributed by atoms with Crippen molar-refractivity contribution in [2.45, 2.75) is 12.2 Å². The molecule has 2 aromatic carbocycles. The number of thioether (sulfide) groups is 1. The summed E-state index contributed by atoms with van der Waals surface area (Å²) in [5, 5.41) is 19.6. The Morgan fingerprint density at radius 1 is 1.17 bits per heavy atom. The average molecular weight is 409 g/mol. The zero-order valence-corrected chi connectivity index (χ0v) is 16.9. The highest BCUT2D eigenvalue weighted by Gasteiger charge is 2.13. The molecule has 6 heteroatoms. The van der Waals surface area contributed by atoms with Gasteiger partial charge in [0.05, 0.1) is 5.56 Å². The summed E-state index contributed by atoms with van der Waals surface area (Å²) in [5.74, 6) is 1.31. The van der Waals surface area contributed by atoms with Crippen molar-refractivity contribution in [1.29, 1.82) is 0 Å². The Hall–Kier alpha value is -2.70. The first kappa shape index (κ1) is 19.6. The number of benzene rings is 2. The first-order chi connectivity index (χ1) is 14.1. The number of hydrogen-bond acceptors (Lipinski definition) is 4. The summed E-state index contributed by atoms with van der Waals surface area (Å²) >= 11 is 1.87. The third kappa shape index (κ3) is 4.66. The number of hydrogen-bond donors (Lipinski definition) is 3. The van der Waals surface area contributed by atoms with Crippen LogP contribution in [0.15, 0.2) is 54.7 Å². The maximum absolute atomic E-state index is 11.2. The van der Waals surface area contributed by atoms with Crippen LogP contribution in [0.1, 0.15) is 27.9 Å². The third-order valence-electron chi connectivity index (χ3n) is 5.36. The molecule has 150 valence electrons. The van der Waals surface area contributed by atoms with Crippen LogP contribution in [0.5, 0.6) is 5.75 Å². The topological polar surface area (TPSA) is 76.6 Å². The number of carboxylic acids is 1. The fourth-order valence-electron chi connectivity index (χ4n) is 3.66. The van der Waals surface area contributed by atoms with Gasteiger partial charge in [0.25, 0.3) is 0 Å². The number of nitrogens with one attached hydrogen (secondary N) is 1. The highest BCUT2D eigenvalue weighted by molar-refractivity contribution is 7.98. The molecule has 5 nitrogen and oxygen atoms in total. The summed E-state index contributed by atoms with van der Waals surface area (Å²) in [4.78, 5) is 16.9. The van der Waals surface area contributed by atoms with E-state index in [0.29, 0.717) is 11.3 Å². The second-order valence-electron chi connectivity index (χ2n) is 7.26. The lowest BCUT2D eigenvalue weighted by Gasteiger charge is -2.26. The number of aromatic hydroxyl groups is 1. The van der Waals surface area contributed by atoms with Gasteiger partial charge in [0.1, 0.15) is 5.75 Å². The molecule has 0 atom stereocenters. The van der Waals surface area contributed by atoms with Crippen LogP contribution in [-0.4, -0.2) is 51.5 Å². The molecule has 0 saturated heterocycles. The Bertz CT molecular complexity index is 1040. The normalized spacial score (nSPS) is 14.8. The van der Waals surface area contributed by atoms with E-state index in [0.717, 1.165) is 54.0 Å². The number of nitrogens with zero attached hydrogens (tertiary/aromatic N) is 1. The van der Waals surface area contributed by atoms with Gasteiger partial charge in [-0.3, -0.25) is 4.90 Å². The minimum absolute atomic E-state index is 0.304. The number of aromatic carboxylic acids is 1. The van der Waals surface area contributed by atoms with E-state index in [-0.39, 0.29) is 0 Å². The number of aromatic nitrogens is 1. The van der Waals surface area contributed by atoms with Gasteiger partial charge < -0.3 is 15.2 Å². The van der Waals surface area contributed by atoms with Gasteiger partial charge in [-0.1, -0.05) is 18.2 Å². The largest absolute Gasteiger partial charge is 0.508 e. The molecule has 0 aliphatic carbocycles. The molecule has 1 aliphatic heterocycles. The molecule has 2 heterocycles. The Morgan fingerprint density at radius 3 is 2.72 bits per heavy atom. The van der Waals surface area contributed by atoms with Crippen molar-refractivity contribution < 1.29 is 15.0 Å². The minimum Gasteiger partial charge on any atom is -0.508 e. The van der Waals surface area contributed by atoms with Gasteiger partial charge in [-0.25, -0.2) is 4.79 Å². The summed E-state index contributed by atoms with van der Waals surface area (Å²) in [5.41, 5.74) is 5.00. The van der Waals surface area contributed by atoms with Crippen LogP contribution in [0, 0.1) is 0 Å². The average Bonchev–Trinajstić information content (AvgIpc) is 3.14. The number of phenols is 1. The molecular weight excluding hydrogens is 384 g/mol. The third-order valence-corrected chi connectivity index (χ3v) is 6.34. The van der Waals surface area contributed by atoms with E-state index in [9.17, 15) is 15.0 Å². The van der Waals surface area contributed by atoms with Crippen molar-refractivity contribution >= 4 is 34.2 Å². The monoisotopic (exact) mass is 408 g/mol. The van der Waals surface area contributed by atoms with Crippen molar-refractivity contribution in [3.63, 3.8) is 0 Å². The van der Waals surface area contributed by atoms with E-state index in [2.05, 4.69) is 16.0 Å². The summed E-state index contributed by atoms with van der Waals surface area (Å²) in [6.45, 7) is 3.03. The number of carboxylic acid groups (broad SMARTS) is 1. The zero-order chi connectivity index (χ0) is 20.2. The number of rotatable bonds is 7. The van der Waals surface area contributed by atoms with E-state index in [1.165, 1.54) is 11.1 Å². The lowest BCUT2D eigenvalue weighted by atomic mass is 9.99. The van der Waals surface area contributed by atoms with Gasteiger partial charge in [0.2, 0.25) is 0 Å². The lowest BCUT2D eigenvalue weighted by molar-refractivity contribution is 0.0697. The van der Waals surface area contributed by atoms with Crippen molar-refractivity contribution in [2.24, 2.45) is 0 Å². The van der Waals surface area contributed by atoms with E-state index >= 15 is 0 Å². The van der Waals surface area contributed by atoms with E-state index in [4.69, 9.17) is 0 Å². The minimum atomic E-state index is -0.892.